The van der Waals surface area contributed by atoms with E-state index < -0.39 is 0 Å². The molecule has 0 radical (unpaired) electrons. The van der Waals surface area contributed by atoms with Gasteiger partial charge in [0.25, 0.3) is 5.91 Å². The number of rotatable bonds is 7. The molecule has 0 aromatic carbocycles. The van der Waals surface area contributed by atoms with Gasteiger partial charge in [0.15, 0.2) is 0 Å². The normalized spacial score (nSPS) is 10.3. The van der Waals surface area contributed by atoms with Gasteiger partial charge in [0.05, 0.1) is 17.8 Å². The second-order valence-corrected chi connectivity index (χ2v) is 5.95. The zero-order chi connectivity index (χ0) is 15.9. The predicted molar refractivity (Wildman–Crippen MR) is 90.2 cm³/mol. The lowest BCUT2D eigenvalue weighted by molar-refractivity contribution is 0.0950. The van der Waals surface area contributed by atoms with Crippen LogP contribution in [0.15, 0.2) is 35.9 Å². The summed E-state index contributed by atoms with van der Waals surface area (Å²) in [5, 5.41) is 8.92. The van der Waals surface area contributed by atoms with Crippen LogP contribution in [0.3, 0.4) is 0 Å². The van der Waals surface area contributed by atoms with Crippen LogP contribution in [0.5, 0.6) is 0 Å². The first-order chi connectivity index (χ1) is 10.6. The molecule has 0 saturated heterocycles. The Morgan fingerprint density at radius 2 is 2.23 bits per heavy atom. The van der Waals surface area contributed by atoms with Crippen molar-refractivity contribution in [1.29, 1.82) is 0 Å². The Kier molecular flexibility index (Phi) is 5.66. The monoisotopic (exact) mass is 316 g/mol. The van der Waals surface area contributed by atoms with Gasteiger partial charge in [-0.3, -0.25) is 4.79 Å². The molecule has 0 bridgehead atoms. The van der Waals surface area contributed by atoms with E-state index in [0.717, 1.165) is 28.5 Å². The first kappa shape index (κ1) is 16.2. The van der Waals surface area contributed by atoms with Crippen LogP contribution in [0.1, 0.15) is 34.9 Å². The molecule has 2 rings (SSSR count). The van der Waals surface area contributed by atoms with Gasteiger partial charge in [0.1, 0.15) is 10.8 Å². The number of thiazole rings is 1. The van der Waals surface area contributed by atoms with E-state index in [4.69, 9.17) is 0 Å². The molecule has 2 aromatic rings. The van der Waals surface area contributed by atoms with E-state index in [0.29, 0.717) is 18.7 Å². The van der Waals surface area contributed by atoms with Crippen LogP contribution < -0.4 is 10.6 Å². The lowest BCUT2D eigenvalue weighted by Crippen LogP contribution is -2.23. The van der Waals surface area contributed by atoms with Crippen molar-refractivity contribution >= 4 is 23.1 Å². The van der Waals surface area contributed by atoms with E-state index in [-0.39, 0.29) is 5.91 Å². The number of carbonyl (C=O) groups excluding carboxylic acids is 1. The molecule has 0 saturated carbocycles. The van der Waals surface area contributed by atoms with E-state index in [1.165, 1.54) is 0 Å². The highest BCUT2D eigenvalue weighted by Gasteiger charge is 2.07. The Morgan fingerprint density at radius 1 is 1.41 bits per heavy atom. The minimum atomic E-state index is -0.146. The number of hydrogen-bond donors (Lipinski definition) is 2. The molecule has 6 heteroatoms. The summed E-state index contributed by atoms with van der Waals surface area (Å²) in [7, 11) is 0. The van der Waals surface area contributed by atoms with Crippen molar-refractivity contribution in [3.8, 4) is 0 Å². The van der Waals surface area contributed by atoms with Crippen molar-refractivity contribution in [2.75, 3.05) is 11.9 Å². The lowest BCUT2D eigenvalue weighted by Gasteiger charge is -2.06. The average Bonchev–Trinajstić information content (AvgIpc) is 2.99. The maximum absolute atomic E-state index is 12.1. The average molecular weight is 316 g/mol. The van der Waals surface area contributed by atoms with Crippen LogP contribution in [0.25, 0.3) is 0 Å². The number of anilines is 1. The zero-order valence-corrected chi connectivity index (χ0v) is 13.7. The second-order valence-electron chi connectivity index (χ2n) is 5.01. The highest BCUT2D eigenvalue weighted by atomic mass is 32.1. The van der Waals surface area contributed by atoms with Gasteiger partial charge in [0, 0.05) is 18.1 Å². The molecular formula is C16H20N4OS. The maximum atomic E-state index is 12.1. The fraction of sp³-hybridized carbons (Fsp3) is 0.312. The van der Waals surface area contributed by atoms with Crippen LogP contribution in [0.2, 0.25) is 0 Å². The minimum Gasteiger partial charge on any atom is -0.366 e. The summed E-state index contributed by atoms with van der Waals surface area (Å²) in [5.74, 6) is 0.583. The Morgan fingerprint density at radius 3 is 2.82 bits per heavy atom. The fourth-order valence-corrected chi connectivity index (χ4v) is 2.54. The van der Waals surface area contributed by atoms with Gasteiger partial charge < -0.3 is 10.6 Å². The first-order valence-corrected chi connectivity index (χ1v) is 8.02. The molecule has 2 aromatic heterocycles. The highest BCUT2D eigenvalue weighted by molar-refractivity contribution is 7.09. The van der Waals surface area contributed by atoms with Gasteiger partial charge in [-0.05, 0) is 25.5 Å². The first-order valence-electron chi connectivity index (χ1n) is 7.14. The predicted octanol–water partition coefficient (Wildman–Crippen LogP) is 3.02. The van der Waals surface area contributed by atoms with Crippen molar-refractivity contribution in [3.05, 3.63) is 52.1 Å². The number of aromatic nitrogens is 2. The SMILES string of the molecule is C=C(C)CNc1ccc(C(=O)NCc2nc(CC)cs2)cn1. The number of hydrogen-bond acceptors (Lipinski definition) is 5. The van der Waals surface area contributed by atoms with Gasteiger partial charge in [0.2, 0.25) is 0 Å². The molecule has 22 heavy (non-hydrogen) atoms. The third kappa shape index (κ3) is 4.66. The van der Waals surface area contributed by atoms with Crippen molar-refractivity contribution in [2.45, 2.75) is 26.8 Å². The van der Waals surface area contributed by atoms with Crippen molar-refractivity contribution < 1.29 is 4.79 Å². The number of nitrogens with zero attached hydrogens (tertiary/aromatic N) is 2. The van der Waals surface area contributed by atoms with Crippen molar-refractivity contribution in [2.24, 2.45) is 0 Å². The standard InChI is InChI=1S/C16H20N4OS/c1-4-13-10-22-15(20-13)9-19-16(21)12-5-6-14(18-8-12)17-7-11(2)3/h5-6,8,10H,2,4,7,9H2,1,3H3,(H,17,18)(H,19,21). The Hall–Kier alpha value is -2.21. The Labute approximate surface area is 134 Å². The van der Waals surface area contributed by atoms with Gasteiger partial charge in [-0.25, -0.2) is 9.97 Å². The summed E-state index contributed by atoms with van der Waals surface area (Å²) in [6, 6.07) is 3.54. The van der Waals surface area contributed by atoms with E-state index in [1.54, 1.807) is 29.7 Å². The fourth-order valence-electron chi connectivity index (χ4n) is 1.72. The van der Waals surface area contributed by atoms with E-state index in [9.17, 15) is 4.79 Å². The van der Waals surface area contributed by atoms with Crippen LogP contribution in [-0.2, 0) is 13.0 Å². The topological polar surface area (TPSA) is 66.9 Å². The molecular weight excluding hydrogens is 296 g/mol. The highest BCUT2D eigenvalue weighted by Crippen LogP contribution is 2.10. The van der Waals surface area contributed by atoms with Crippen molar-refractivity contribution in [3.63, 3.8) is 0 Å². The lowest BCUT2D eigenvalue weighted by atomic mass is 10.2. The third-order valence-electron chi connectivity index (χ3n) is 2.96. The maximum Gasteiger partial charge on any atom is 0.253 e. The summed E-state index contributed by atoms with van der Waals surface area (Å²) in [4.78, 5) is 20.7. The molecule has 0 spiro atoms. The molecule has 2 heterocycles. The Bertz CT molecular complexity index is 648. The van der Waals surface area contributed by atoms with Gasteiger partial charge in [-0.1, -0.05) is 19.1 Å². The molecule has 5 nitrogen and oxygen atoms in total. The smallest absolute Gasteiger partial charge is 0.253 e. The number of amides is 1. The zero-order valence-electron chi connectivity index (χ0n) is 12.8. The number of nitrogens with one attached hydrogen (secondary N) is 2. The quantitative estimate of drug-likeness (QED) is 0.771. The third-order valence-corrected chi connectivity index (χ3v) is 3.86. The molecule has 0 fully saturated rings. The molecule has 0 aliphatic heterocycles. The van der Waals surface area contributed by atoms with Gasteiger partial charge in [-0.2, -0.15) is 0 Å². The molecule has 116 valence electrons. The number of aryl methyl sites for hydroxylation is 1. The van der Waals surface area contributed by atoms with E-state index in [2.05, 4.69) is 34.1 Å². The summed E-state index contributed by atoms with van der Waals surface area (Å²) >= 11 is 1.56. The molecule has 1 amide bonds. The van der Waals surface area contributed by atoms with Crippen LogP contribution in [0, 0.1) is 0 Å². The van der Waals surface area contributed by atoms with E-state index >= 15 is 0 Å². The molecule has 2 N–H and O–H groups in total. The molecule has 0 aliphatic rings. The van der Waals surface area contributed by atoms with Crippen molar-refractivity contribution in [1.82, 2.24) is 15.3 Å². The number of carbonyl (C=O) groups is 1. The van der Waals surface area contributed by atoms with Gasteiger partial charge in [-0.15, -0.1) is 11.3 Å². The van der Waals surface area contributed by atoms with Crippen LogP contribution in [0.4, 0.5) is 5.82 Å². The van der Waals surface area contributed by atoms with E-state index in [1.807, 2.05) is 12.3 Å². The van der Waals surface area contributed by atoms with Gasteiger partial charge >= 0.3 is 0 Å². The second kappa shape index (κ2) is 7.70. The minimum absolute atomic E-state index is 0.146. The molecule has 0 aliphatic carbocycles. The summed E-state index contributed by atoms with van der Waals surface area (Å²) in [6.07, 6.45) is 2.47. The summed E-state index contributed by atoms with van der Waals surface area (Å²) in [6.45, 7) is 8.93. The van der Waals surface area contributed by atoms with Crippen LogP contribution >= 0.6 is 11.3 Å². The summed E-state index contributed by atoms with van der Waals surface area (Å²) < 4.78 is 0. The van der Waals surface area contributed by atoms with Crippen LogP contribution in [-0.4, -0.2) is 22.4 Å². The largest absolute Gasteiger partial charge is 0.366 e. The summed E-state index contributed by atoms with van der Waals surface area (Å²) in [5.41, 5.74) is 2.62. The molecule has 0 unspecified atom stereocenters. The number of pyridine rings is 1. The molecule has 0 atom stereocenters. The Balaban J connectivity index is 1.87.